The maximum absolute atomic E-state index is 9.57. The Morgan fingerprint density at radius 1 is 0.828 bits per heavy atom. The molecule has 0 unspecified atom stereocenters. The predicted molar refractivity (Wildman–Crippen MR) is 112 cm³/mol. The number of nitrogens with one attached hydrogen (secondary N) is 1. The number of ether oxygens (including phenoxy) is 1. The van der Waals surface area contributed by atoms with Crippen molar-refractivity contribution in [1.29, 1.82) is 0 Å². The number of aliphatic hydroxyl groups is 2. The van der Waals surface area contributed by atoms with Gasteiger partial charge in [-0.3, -0.25) is 0 Å². The van der Waals surface area contributed by atoms with Crippen molar-refractivity contribution in [3.8, 4) is 5.75 Å². The van der Waals surface area contributed by atoms with Crippen molar-refractivity contribution in [3.05, 3.63) is 89.7 Å². The average Bonchev–Trinajstić information content (AvgIpc) is 2.78. The van der Waals surface area contributed by atoms with Crippen LogP contribution in [0.1, 0.15) is 16.7 Å². The molecule has 146 valence electrons. The summed E-state index contributed by atoms with van der Waals surface area (Å²) < 4.78 is 5.82. The van der Waals surface area contributed by atoms with Crippen molar-refractivity contribution >= 4 is 22.4 Å². The fourth-order valence-electron chi connectivity index (χ4n) is 3.10. The molecule has 0 saturated heterocycles. The number of fused-ring (bicyclic) bond motifs is 1. The Morgan fingerprint density at radius 2 is 1.55 bits per heavy atom. The fraction of sp³-hybridized carbons (Fsp3) is 0.130. The highest BCUT2D eigenvalue weighted by molar-refractivity contribution is 5.91. The molecule has 6 nitrogen and oxygen atoms in total. The highest BCUT2D eigenvalue weighted by Gasteiger charge is 2.09. The number of hydrogen-bond donors (Lipinski definition) is 3. The van der Waals surface area contributed by atoms with Gasteiger partial charge in [-0.15, -0.1) is 0 Å². The van der Waals surface area contributed by atoms with Gasteiger partial charge in [-0.05, 0) is 53.1 Å². The van der Waals surface area contributed by atoms with Gasteiger partial charge in [-0.25, -0.2) is 9.97 Å². The first kappa shape index (κ1) is 18.9. The number of aliphatic hydroxyl groups excluding tert-OH is 2. The first-order valence-corrected chi connectivity index (χ1v) is 9.29. The third kappa shape index (κ3) is 4.34. The Kier molecular flexibility index (Phi) is 5.65. The maximum Gasteiger partial charge on any atom is 0.141 e. The molecule has 0 spiro atoms. The van der Waals surface area contributed by atoms with Crippen LogP contribution in [0.5, 0.6) is 5.75 Å². The Bertz CT molecular complexity index is 1100. The first-order chi connectivity index (χ1) is 14.3. The van der Waals surface area contributed by atoms with Gasteiger partial charge in [0.05, 0.1) is 18.7 Å². The van der Waals surface area contributed by atoms with E-state index in [0.29, 0.717) is 29.1 Å². The molecule has 0 aliphatic rings. The van der Waals surface area contributed by atoms with Crippen LogP contribution in [0.3, 0.4) is 0 Å². The number of rotatable bonds is 7. The summed E-state index contributed by atoms with van der Waals surface area (Å²) in [5.41, 5.74) is 3.98. The molecule has 0 aliphatic heterocycles. The molecule has 29 heavy (non-hydrogen) atoms. The monoisotopic (exact) mass is 387 g/mol. The van der Waals surface area contributed by atoms with Gasteiger partial charge >= 0.3 is 0 Å². The van der Waals surface area contributed by atoms with Crippen LogP contribution in [0, 0.1) is 0 Å². The lowest BCUT2D eigenvalue weighted by Gasteiger charge is -2.12. The topological polar surface area (TPSA) is 87.5 Å². The van der Waals surface area contributed by atoms with Crippen molar-refractivity contribution in [2.75, 3.05) is 5.32 Å². The second-order valence-electron chi connectivity index (χ2n) is 6.60. The lowest BCUT2D eigenvalue weighted by Crippen LogP contribution is -2.00. The van der Waals surface area contributed by atoms with Gasteiger partial charge in [-0.2, -0.15) is 0 Å². The molecule has 1 heterocycles. The van der Waals surface area contributed by atoms with E-state index < -0.39 is 0 Å². The summed E-state index contributed by atoms with van der Waals surface area (Å²) >= 11 is 0. The van der Waals surface area contributed by atoms with E-state index in [4.69, 9.17) is 4.74 Å². The van der Waals surface area contributed by atoms with E-state index in [1.807, 2.05) is 54.6 Å². The number of anilines is 2. The van der Waals surface area contributed by atoms with Gasteiger partial charge in [0.2, 0.25) is 0 Å². The van der Waals surface area contributed by atoms with E-state index in [1.165, 1.54) is 6.33 Å². The Labute approximate surface area is 168 Å². The van der Waals surface area contributed by atoms with Gasteiger partial charge in [0.25, 0.3) is 0 Å². The van der Waals surface area contributed by atoms with Crippen LogP contribution in [0.2, 0.25) is 0 Å². The molecule has 3 N–H and O–H groups in total. The van der Waals surface area contributed by atoms with Crippen molar-refractivity contribution in [1.82, 2.24) is 9.97 Å². The zero-order valence-electron chi connectivity index (χ0n) is 15.7. The molecule has 0 radical (unpaired) electrons. The molecule has 0 aliphatic carbocycles. The van der Waals surface area contributed by atoms with Crippen molar-refractivity contribution in [2.24, 2.45) is 0 Å². The fourth-order valence-corrected chi connectivity index (χ4v) is 3.10. The van der Waals surface area contributed by atoms with Gasteiger partial charge in [0, 0.05) is 11.1 Å². The van der Waals surface area contributed by atoms with Gasteiger partial charge in [0.15, 0.2) is 0 Å². The second-order valence-corrected chi connectivity index (χ2v) is 6.60. The number of aromatic nitrogens is 2. The molecule has 3 aromatic carbocycles. The van der Waals surface area contributed by atoms with Crippen LogP contribution in [-0.4, -0.2) is 20.2 Å². The number of hydrogen-bond acceptors (Lipinski definition) is 6. The van der Waals surface area contributed by atoms with E-state index in [0.717, 1.165) is 22.4 Å². The zero-order valence-corrected chi connectivity index (χ0v) is 15.7. The summed E-state index contributed by atoms with van der Waals surface area (Å²) in [5.74, 6) is 1.41. The van der Waals surface area contributed by atoms with E-state index in [9.17, 15) is 10.2 Å². The third-order valence-electron chi connectivity index (χ3n) is 4.66. The highest BCUT2D eigenvalue weighted by atomic mass is 16.5. The van der Waals surface area contributed by atoms with Crippen LogP contribution >= 0.6 is 0 Å². The Morgan fingerprint density at radius 3 is 2.28 bits per heavy atom. The molecule has 0 saturated carbocycles. The Hall–Kier alpha value is -3.48. The number of nitrogens with zero attached hydrogens (tertiary/aromatic N) is 2. The smallest absolute Gasteiger partial charge is 0.141 e. The molecule has 1 aromatic heterocycles. The minimum absolute atomic E-state index is 0.150. The lowest BCUT2D eigenvalue weighted by atomic mass is 10.0. The largest absolute Gasteiger partial charge is 0.489 e. The molecule has 4 aromatic rings. The maximum atomic E-state index is 9.57. The van der Waals surface area contributed by atoms with Crippen LogP contribution < -0.4 is 10.1 Å². The summed E-state index contributed by atoms with van der Waals surface area (Å²) in [4.78, 5) is 8.60. The standard InChI is InChI=1S/C23H21N3O3/c27-12-17-10-21-22(11-18(17)13-28)24-15-25-23(21)26-19-6-8-20(9-7-19)29-14-16-4-2-1-3-5-16/h1-11,15,27-28H,12-14H2,(H,24,25,26). The number of benzene rings is 3. The normalized spacial score (nSPS) is 10.8. The molecule has 0 atom stereocenters. The first-order valence-electron chi connectivity index (χ1n) is 9.29. The molecule has 6 heteroatoms. The lowest BCUT2D eigenvalue weighted by molar-refractivity contribution is 0.260. The van der Waals surface area contributed by atoms with Gasteiger partial charge in [0.1, 0.15) is 24.5 Å². The minimum atomic E-state index is -0.159. The summed E-state index contributed by atoms with van der Waals surface area (Å²) in [6.07, 6.45) is 1.47. The molecule has 0 fully saturated rings. The van der Waals surface area contributed by atoms with Crippen molar-refractivity contribution in [2.45, 2.75) is 19.8 Å². The van der Waals surface area contributed by atoms with E-state index in [1.54, 1.807) is 12.1 Å². The summed E-state index contributed by atoms with van der Waals surface area (Å²) in [6, 6.07) is 21.2. The summed E-state index contributed by atoms with van der Waals surface area (Å²) in [7, 11) is 0. The Balaban J connectivity index is 1.52. The second kappa shape index (κ2) is 8.68. The minimum Gasteiger partial charge on any atom is -0.489 e. The average molecular weight is 387 g/mol. The molecule has 4 rings (SSSR count). The van der Waals surface area contributed by atoms with Gasteiger partial charge in [-0.1, -0.05) is 30.3 Å². The predicted octanol–water partition coefficient (Wildman–Crippen LogP) is 3.94. The van der Waals surface area contributed by atoms with Crippen LogP contribution in [0.15, 0.2) is 73.1 Å². The van der Waals surface area contributed by atoms with Crippen molar-refractivity contribution in [3.63, 3.8) is 0 Å². The molecule has 0 amide bonds. The quantitative estimate of drug-likeness (QED) is 0.445. The third-order valence-corrected chi connectivity index (χ3v) is 4.66. The van der Waals surface area contributed by atoms with E-state index >= 15 is 0 Å². The van der Waals surface area contributed by atoms with E-state index in [-0.39, 0.29) is 13.2 Å². The van der Waals surface area contributed by atoms with Crippen LogP contribution in [-0.2, 0) is 19.8 Å². The van der Waals surface area contributed by atoms with Gasteiger partial charge < -0.3 is 20.3 Å². The molecule has 0 bridgehead atoms. The highest BCUT2D eigenvalue weighted by Crippen LogP contribution is 2.27. The van der Waals surface area contributed by atoms with Crippen LogP contribution in [0.25, 0.3) is 10.9 Å². The van der Waals surface area contributed by atoms with E-state index in [2.05, 4.69) is 15.3 Å². The molecular weight excluding hydrogens is 366 g/mol. The summed E-state index contributed by atoms with van der Waals surface area (Å²) in [5, 5.41) is 23.1. The van der Waals surface area contributed by atoms with Crippen LogP contribution in [0.4, 0.5) is 11.5 Å². The van der Waals surface area contributed by atoms with Crippen molar-refractivity contribution < 1.29 is 14.9 Å². The SMILES string of the molecule is OCc1cc2ncnc(Nc3ccc(OCc4ccccc4)cc3)c2cc1CO. The summed E-state index contributed by atoms with van der Waals surface area (Å²) in [6.45, 7) is 0.206. The molecular formula is C23H21N3O3. The zero-order chi connectivity index (χ0) is 20.1.